The third-order valence-electron chi connectivity index (χ3n) is 3.26. The Morgan fingerprint density at radius 2 is 1.81 bits per heavy atom. The van der Waals surface area contributed by atoms with E-state index in [1.54, 1.807) is 0 Å². The van der Waals surface area contributed by atoms with Gasteiger partial charge in [0.15, 0.2) is 0 Å². The Hall–Kier alpha value is -1.20. The second kappa shape index (κ2) is 3.68. The molecule has 0 aromatic heterocycles. The van der Waals surface area contributed by atoms with Crippen LogP contribution >= 0.6 is 0 Å². The van der Waals surface area contributed by atoms with Gasteiger partial charge in [-0.25, -0.2) is 8.78 Å². The third-order valence-corrected chi connectivity index (χ3v) is 3.26. The lowest BCUT2D eigenvalue weighted by Gasteiger charge is -2.20. The molecule has 0 aliphatic heterocycles. The number of amides is 1. The fourth-order valence-electron chi connectivity index (χ4n) is 1.35. The Bertz CT molecular complexity index is 332. The molecule has 0 radical (unpaired) electrons. The lowest BCUT2D eigenvalue weighted by Crippen LogP contribution is -2.44. The molecule has 1 saturated carbocycles. The van der Waals surface area contributed by atoms with Gasteiger partial charge < -0.3 is 10.4 Å². The van der Waals surface area contributed by atoms with Gasteiger partial charge in [-0.2, -0.15) is 0 Å². The van der Waals surface area contributed by atoms with Gasteiger partial charge in [-0.1, -0.05) is 0 Å². The van der Waals surface area contributed by atoms with E-state index in [1.807, 2.05) is 0 Å². The number of carboxylic acid groups (broad SMARTS) is 1. The van der Waals surface area contributed by atoms with Crippen LogP contribution in [0.25, 0.3) is 0 Å². The fraction of sp³-hybridized carbons (Fsp3) is 0.800. The summed E-state index contributed by atoms with van der Waals surface area (Å²) in [6.07, 6.45) is -0.472. The maximum absolute atomic E-state index is 12.9. The van der Waals surface area contributed by atoms with Crippen molar-refractivity contribution in [1.29, 1.82) is 0 Å². The maximum atomic E-state index is 12.9. The van der Waals surface area contributed by atoms with Crippen LogP contribution in [0.2, 0.25) is 0 Å². The molecule has 1 aliphatic carbocycles. The van der Waals surface area contributed by atoms with Crippen molar-refractivity contribution in [2.45, 2.75) is 39.2 Å². The monoisotopic (exact) mass is 235 g/mol. The molecule has 0 heterocycles. The zero-order valence-electron chi connectivity index (χ0n) is 9.38. The lowest BCUT2D eigenvalue weighted by atomic mass is 10.0. The Balaban J connectivity index is 2.57. The molecular weight excluding hydrogens is 220 g/mol. The standard InChI is InChI=1S/C10H15F2NO3/c1-5(7(14)15)6(2)13-8(16)9(3)4-10(9,11)12/h5-6H,4H2,1-3H3,(H,13,16)(H,14,15). The van der Waals surface area contributed by atoms with E-state index in [2.05, 4.69) is 5.32 Å². The van der Waals surface area contributed by atoms with Crippen LogP contribution in [-0.4, -0.2) is 28.9 Å². The van der Waals surface area contributed by atoms with Crippen molar-refractivity contribution in [3.8, 4) is 0 Å². The third kappa shape index (κ3) is 2.01. The summed E-state index contributed by atoms with van der Waals surface area (Å²) in [4.78, 5) is 22.1. The van der Waals surface area contributed by atoms with Crippen LogP contribution in [0.5, 0.6) is 0 Å². The molecule has 0 bridgehead atoms. The molecule has 6 heteroatoms. The molecule has 1 amide bonds. The second-order valence-corrected chi connectivity index (χ2v) is 4.60. The number of aliphatic carboxylic acids is 1. The molecule has 0 aromatic rings. The highest BCUT2D eigenvalue weighted by molar-refractivity contribution is 5.87. The molecule has 0 saturated heterocycles. The Kier molecular flexibility index (Phi) is 2.96. The van der Waals surface area contributed by atoms with Crippen molar-refractivity contribution in [3.05, 3.63) is 0 Å². The fourth-order valence-corrected chi connectivity index (χ4v) is 1.35. The molecule has 0 aromatic carbocycles. The highest BCUT2D eigenvalue weighted by Crippen LogP contribution is 2.60. The van der Waals surface area contributed by atoms with Gasteiger partial charge in [0, 0.05) is 12.5 Å². The number of carboxylic acids is 1. The van der Waals surface area contributed by atoms with Crippen molar-refractivity contribution in [3.63, 3.8) is 0 Å². The first kappa shape index (κ1) is 12.9. The summed E-state index contributed by atoms with van der Waals surface area (Å²) in [6, 6.07) is -0.668. The molecule has 2 N–H and O–H groups in total. The van der Waals surface area contributed by atoms with E-state index in [4.69, 9.17) is 5.11 Å². The minimum Gasteiger partial charge on any atom is -0.481 e. The van der Waals surface area contributed by atoms with Crippen molar-refractivity contribution in [2.24, 2.45) is 11.3 Å². The average Bonchev–Trinajstić information content (AvgIpc) is 2.65. The van der Waals surface area contributed by atoms with Crippen LogP contribution < -0.4 is 5.32 Å². The summed E-state index contributed by atoms with van der Waals surface area (Å²) < 4.78 is 25.7. The number of rotatable bonds is 4. The molecule has 3 atom stereocenters. The van der Waals surface area contributed by atoms with Crippen LogP contribution in [0.15, 0.2) is 0 Å². The van der Waals surface area contributed by atoms with E-state index in [0.29, 0.717) is 0 Å². The molecule has 1 fully saturated rings. The molecule has 4 nitrogen and oxygen atoms in total. The Labute approximate surface area is 92.0 Å². The summed E-state index contributed by atoms with van der Waals surface area (Å²) in [5.41, 5.74) is -1.67. The minimum absolute atomic E-state index is 0.472. The lowest BCUT2D eigenvalue weighted by molar-refractivity contribution is -0.142. The van der Waals surface area contributed by atoms with Crippen molar-refractivity contribution >= 4 is 11.9 Å². The summed E-state index contributed by atoms with van der Waals surface area (Å²) in [5, 5.41) is 11.0. The summed E-state index contributed by atoms with van der Waals surface area (Å²) in [5.74, 6) is -5.62. The van der Waals surface area contributed by atoms with E-state index >= 15 is 0 Å². The van der Waals surface area contributed by atoms with Crippen LogP contribution in [0.1, 0.15) is 27.2 Å². The van der Waals surface area contributed by atoms with E-state index < -0.39 is 41.6 Å². The summed E-state index contributed by atoms with van der Waals surface area (Å²) in [6.45, 7) is 4.09. The number of hydrogen-bond acceptors (Lipinski definition) is 2. The number of hydrogen-bond donors (Lipinski definition) is 2. The van der Waals surface area contributed by atoms with Crippen LogP contribution in [0.3, 0.4) is 0 Å². The first-order valence-corrected chi connectivity index (χ1v) is 5.03. The topological polar surface area (TPSA) is 66.4 Å². The van der Waals surface area contributed by atoms with Crippen molar-refractivity contribution in [1.82, 2.24) is 5.32 Å². The van der Waals surface area contributed by atoms with Crippen molar-refractivity contribution < 1.29 is 23.5 Å². The number of alkyl halides is 2. The molecular formula is C10H15F2NO3. The molecule has 1 aliphatic rings. The first-order chi connectivity index (χ1) is 7.12. The summed E-state index contributed by atoms with van der Waals surface area (Å²) in [7, 11) is 0. The van der Waals surface area contributed by atoms with Gasteiger partial charge in [-0.05, 0) is 20.8 Å². The van der Waals surface area contributed by atoms with E-state index in [1.165, 1.54) is 20.8 Å². The predicted octanol–water partition coefficient (Wildman–Crippen LogP) is 1.26. The Morgan fingerprint density at radius 1 is 1.38 bits per heavy atom. The molecule has 3 unspecified atom stereocenters. The molecule has 16 heavy (non-hydrogen) atoms. The normalized spacial score (nSPS) is 30.3. The first-order valence-electron chi connectivity index (χ1n) is 5.03. The second-order valence-electron chi connectivity index (χ2n) is 4.60. The van der Waals surface area contributed by atoms with E-state index in [0.717, 1.165) is 0 Å². The van der Waals surface area contributed by atoms with E-state index in [9.17, 15) is 18.4 Å². The Morgan fingerprint density at radius 3 is 2.12 bits per heavy atom. The molecule has 92 valence electrons. The number of nitrogens with one attached hydrogen (secondary N) is 1. The van der Waals surface area contributed by atoms with Crippen molar-refractivity contribution in [2.75, 3.05) is 0 Å². The van der Waals surface area contributed by atoms with E-state index in [-0.39, 0.29) is 0 Å². The highest BCUT2D eigenvalue weighted by atomic mass is 19.3. The molecule has 1 rings (SSSR count). The number of halogens is 2. The number of carbonyl (C=O) groups excluding carboxylic acids is 1. The highest BCUT2D eigenvalue weighted by Gasteiger charge is 2.72. The number of carbonyl (C=O) groups is 2. The molecule has 0 spiro atoms. The predicted molar refractivity (Wildman–Crippen MR) is 52.1 cm³/mol. The van der Waals surface area contributed by atoms with Gasteiger partial charge in [-0.15, -0.1) is 0 Å². The minimum atomic E-state index is -2.97. The smallest absolute Gasteiger partial charge is 0.308 e. The maximum Gasteiger partial charge on any atom is 0.308 e. The van der Waals surface area contributed by atoms with Gasteiger partial charge in [0.2, 0.25) is 5.91 Å². The van der Waals surface area contributed by atoms with Crippen LogP contribution in [-0.2, 0) is 9.59 Å². The quantitative estimate of drug-likeness (QED) is 0.770. The SMILES string of the molecule is CC(NC(=O)C1(C)CC1(F)F)C(C)C(=O)O. The van der Waals surface area contributed by atoms with Gasteiger partial charge >= 0.3 is 5.97 Å². The summed E-state index contributed by atoms with van der Waals surface area (Å²) >= 11 is 0. The van der Waals surface area contributed by atoms with Crippen LogP contribution in [0.4, 0.5) is 8.78 Å². The van der Waals surface area contributed by atoms with Gasteiger partial charge in [0.25, 0.3) is 5.92 Å². The average molecular weight is 235 g/mol. The van der Waals surface area contributed by atoms with Gasteiger partial charge in [0.05, 0.1) is 5.92 Å². The zero-order chi connectivity index (χ0) is 12.7. The van der Waals surface area contributed by atoms with Gasteiger partial charge in [0.1, 0.15) is 5.41 Å². The van der Waals surface area contributed by atoms with Gasteiger partial charge in [-0.3, -0.25) is 9.59 Å². The zero-order valence-corrected chi connectivity index (χ0v) is 9.38. The van der Waals surface area contributed by atoms with Crippen LogP contribution in [0, 0.1) is 11.3 Å². The largest absolute Gasteiger partial charge is 0.481 e.